The van der Waals surface area contributed by atoms with Gasteiger partial charge in [0.25, 0.3) is 5.91 Å². The van der Waals surface area contributed by atoms with E-state index in [9.17, 15) is 4.79 Å². The molecule has 0 fully saturated rings. The maximum absolute atomic E-state index is 11.8. The number of para-hydroxylation sites is 1. The SMILES string of the molecule is Cn1ncc(C(=O)NNc2ccccc2Cl)c1N. The summed E-state index contributed by atoms with van der Waals surface area (Å²) in [7, 11) is 1.66. The number of rotatable bonds is 3. The van der Waals surface area contributed by atoms with Crippen molar-refractivity contribution >= 4 is 29.0 Å². The van der Waals surface area contributed by atoms with E-state index in [1.54, 1.807) is 31.3 Å². The third-order valence-electron chi connectivity index (χ3n) is 2.41. The Balaban J connectivity index is 2.05. The van der Waals surface area contributed by atoms with Crippen LogP contribution in [0.15, 0.2) is 30.5 Å². The van der Waals surface area contributed by atoms with Gasteiger partial charge >= 0.3 is 0 Å². The Labute approximate surface area is 109 Å². The summed E-state index contributed by atoms with van der Waals surface area (Å²) in [5.74, 6) is -0.0750. The molecule has 0 spiro atoms. The van der Waals surface area contributed by atoms with Gasteiger partial charge in [-0.05, 0) is 12.1 Å². The second-order valence-electron chi connectivity index (χ2n) is 3.63. The lowest BCUT2D eigenvalue weighted by Crippen LogP contribution is -2.29. The van der Waals surface area contributed by atoms with Crippen LogP contribution < -0.4 is 16.6 Å². The molecule has 1 amide bonds. The van der Waals surface area contributed by atoms with Crippen molar-refractivity contribution in [2.45, 2.75) is 0 Å². The van der Waals surface area contributed by atoms with E-state index in [-0.39, 0.29) is 5.91 Å². The second-order valence-corrected chi connectivity index (χ2v) is 4.03. The average Bonchev–Trinajstić information content (AvgIpc) is 2.69. The van der Waals surface area contributed by atoms with Crippen molar-refractivity contribution in [3.05, 3.63) is 41.0 Å². The largest absolute Gasteiger partial charge is 0.383 e. The number of halogens is 1. The van der Waals surface area contributed by atoms with E-state index in [2.05, 4.69) is 16.0 Å². The summed E-state index contributed by atoms with van der Waals surface area (Å²) in [5.41, 5.74) is 11.8. The highest BCUT2D eigenvalue weighted by Crippen LogP contribution is 2.19. The number of nitrogens with one attached hydrogen (secondary N) is 2. The van der Waals surface area contributed by atoms with Crippen molar-refractivity contribution < 1.29 is 4.79 Å². The van der Waals surface area contributed by atoms with E-state index in [0.717, 1.165) is 0 Å². The molecule has 0 aliphatic carbocycles. The van der Waals surface area contributed by atoms with Crippen molar-refractivity contribution in [3.8, 4) is 0 Å². The molecule has 0 atom stereocenters. The Morgan fingerprint density at radius 1 is 1.44 bits per heavy atom. The van der Waals surface area contributed by atoms with E-state index in [1.807, 2.05) is 0 Å². The third kappa shape index (κ3) is 2.38. The monoisotopic (exact) mass is 265 g/mol. The summed E-state index contributed by atoms with van der Waals surface area (Å²) >= 11 is 5.93. The fourth-order valence-electron chi connectivity index (χ4n) is 1.38. The Morgan fingerprint density at radius 2 is 2.17 bits per heavy atom. The van der Waals surface area contributed by atoms with Gasteiger partial charge in [-0.15, -0.1) is 0 Å². The van der Waals surface area contributed by atoms with Crippen molar-refractivity contribution in [2.75, 3.05) is 11.2 Å². The molecule has 0 saturated carbocycles. The highest BCUT2D eigenvalue weighted by atomic mass is 35.5. The van der Waals surface area contributed by atoms with Crippen LogP contribution in [0.25, 0.3) is 0 Å². The maximum Gasteiger partial charge on any atom is 0.274 e. The Hall–Kier alpha value is -2.21. The number of amides is 1. The van der Waals surface area contributed by atoms with Crippen LogP contribution in [0.3, 0.4) is 0 Å². The van der Waals surface area contributed by atoms with E-state index in [0.29, 0.717) is 22.1 Å². The van der Waals surface area contributed by atoms with Crippen LogP contribution in [0.5, 0.6) is 0 Å². The standard InChI is InChI=1S/C11H12ClN5O/c1-17-10(13)7(6-14-17)11(18)16-15-9-5-3-2-4-8(9)12/h2-6,15H,13H2,1H3,(H,16,18). The van der Waals surface area contributed by atoms with Gasteiger partial charge in [-0.1, -0.05) is 23.7 Å². The molecule has 0 unspecified atom stereocenters. The van der Waals surface area contributed by atoms with Crippen molar-refractivity contribution in [2.24, 2.45) is 7.05 Å². The second kappa shape index (κ2) is 4.97. The smallest absolute Gasteiger partial charge is 0.274 e. The van der Waals surface area contributed by atoms with Gasteiger partial charge < -0.3 is 5.73 Å². The molecule has 6 nitrogen and oxygen atoms in total. The molecule has 0 bridgehead atoms. The van der Waals surface area contributed by atoms with Crippen molar-refractivity contribution in [1.29, 1.82) is 0 Å². The molecule has 0 aliphatic heterocycles. The summed E-state index contributed by atoms with van der Waals surface area (Å²) < 4.78 is 1.42. The first-order chi connectivity index (χ1) is 8.59. The first-order valence-electron chi connectivity index (χ1n) is 5.18. The van der Waals surface area contributed by atoms with Gasteiger partial charge in [0.05, 0.1) is 16.9 Å². The number of nitrogen functional groups attached to an aromatic ring is 1. The molecule has 1 aromatic heterocycles. The van der Waals surface area contributed by atoms with E-state index in [1.165, 1.54) is 10.9 Å². The number of carbonyl (C=O) groups is 1. The molecule has 4 N–H and O–H groups in total. The molecule has 2 aromatic rings. The fraction of sp³-hybridized carbons (Fsp3) is 0.0909. The summed E-state index contributed by atoms with van der Waals surface area (Å²) in [5, 5.41) is 4.40. The normalized spacial score (nSPS) is 10.1. The lowest BCUT2D eigenvalue weighted by molar-refractivity contribution is 0.0963. The maximum atomic E-state index is 11.8. The predicted molar refractivity (Wildman–Crippen MR) is 70.2 cm³/mol. The van der Waals surface area contributed by atoms with Gasteiger partial charge in [0.2, 0.25) is 0 Å². The first kappa shape index (κ1) is 12.3. The number of hydrogen-bond donors (Lipinski definition) is 3. The molecular weight excluding hydrogens is 254 g/mol. The summed E-state index contributed by atoms with van der Waals surface area (Å²) in [6.07, 6.45) is 1.40. The van der Waals surface area contributed by atoms with Gasteiger partial charge in [0.1, 0.15) is 11.4 Å². The first-order valence-corrected chi connectivity index (χ1v) is 5.55. The molecular formula is C11H12ClN5O. The molecule has 2 rings (SSSR count). The zero-order valence-electron chi connectivity index (χ0n) is 9.64. The molecule has 0 saturated heterocycles. The minimum atomic E-state index is -0.375. The van der Waals surface area contributed by atoms with E-state index < -0.39 is 0 Å². The van der Waals surface area contributed by atoms with Crippen LogP contribution in [-0.2, 0) is 7.05 Å². The summed E-state index contributed by atoms with van der Waals surface area (Å²) in [6, 6.07) is 7.07. The quantitative estimate of drug-likeness (QED) is 0.733. The molecule has 94 valence electrons. The highest BCUT2D eigenvalue weighted by Gasteiger charge is 2.13. The topological polar surface area (TPSA) is 85.0 Å². The number of nitrogens with two attached hydrogens (primary N) is 1. The van der Waals surface area contributed by atoms with Crippen LogP contribution >= 0.6 is 11.6 Å². The number of hydrogen-bond acceptors (Lipinski definition) is 4. The van der Waals surface area contributed by atoms with E-state index in [4.69, 9.17) is 17.3 Å². The lowest BCUT2D eigenvalue weighted by atomic mass is 10.3. The number of aromatic nitrogens is 2. The number of hydrazine groups is 1. The Morgan fingerprint density at radius 3 is 2.78 bits per heavy atom. The Bertz CT molecular complexity index is 581. The van der Waals surface area contributed by atoms with Crippen LogP contribution in [0.4, 0.5) is 11.5 Å². The van der Waals surface area contributed by atoms with Gasteiger partial charge in [0, 0.05) is 7.05 Å². The average molecular weight is 266 g/mol. The van der Waals surface area contributed by atoms with Gasteiger partial charge in [0.15, 0.2) is 0 Å². The fourth-order valence-corrected chi connectivity index (χ4v) is 1.56. The molecule has 1 aromatic carbocycles. The molecule has 7 heteroatoms. The number of aryl methyl sites for hydroxylation is 1. The van der Waals surface area contributed by atoms with Gasteiger partial charge in [-0.25, -0.2) is 0 Å². The van der Waals surface area contributed by atoms with Crippen LogP contribution in [0.2, 0.25) is 5.02 Å². The molecule has 1 heterocycles. The highest BCUT2D eigenvalue weighted by molar-refractivity contribution is 6.33. The Kier molecular flexibility index (Phi) is 3.38. The minimum Gasteiger partial charge on any atom is -0.383 e. The van der Waals surface area contributed by atoms with Crippen molar-refractivity contribution in [1.82, 2.24) is 15.2 Å². The van der Waals surface area contributed by atoms with Crippen molar-refractivity contribution in [3.63, 3.8) is 0 Å². The van der Waals surface area contributed by atoms with Crippen LogP contribution in [-0.4, -0.2) is 15.7 Å². The molecule has 0 aliphatic rings. The lowest BCUT2D eigenvalue weighted by Gasteiger charge is -2.09. The van der Waals surface area contributed by atoms with Crippen LogP contribution in [0, 0.1) is 0 Å². The zero-order chi connectivity index (χ0) is 13.1. The molecule has 18 heavy (non-hydrogen) atoms. The summed E-state index contributed by atoms with van der Waals surface area (Å²) in [6.45, 7) is 0. The summed E-state index contributed by atoms with van der Waals surface area (Å²) in [4.78, 5) is 11.8. The number of benzene rings is 1. The molecule has 0 radical (unpaired) electrons. The number of nitrogens with zero attached hydrogens (tertiary/aromatic N) is 2. The predicted octanol–water partition coefficient (Wildman–Crippen LogP) is 1.41. The zero-order valence-corrected chi connectivity index (χ0v) is 10.4. The number of anilines is 2. The van der Waals surface area contributed by atoms with E-state index >= 15 is 0 Å². The van der Waals surface area contributed by atoms with Gasteiger partial charge in [-0.2, -0.15) is 5.10 Å². The van der Waals surface area contributed by atoms with Gasteiger partial charge in [-0.3, -0.25) is 20.3 Å². The van der Waals surface area contributed by atoms with Crippen LogP contribution in [0.1, 0.15) is 10.4 Å². The minimum absolute atomic E-state index is 0.299. The number of carbonyl (C=O) groups excluding carboxylic acids is 1. The third-order valence-corrected chi connectivity index (χ3v) is 2.74.